The van der Waals surface area contributed by atoms with Crippen LogP contribution in [0.2, 0.25) is 0 Å². The molecule has 4 aromatic rings. The lowest BCUT2D eigenvalue weighted by Crippen LogP contribution is -2.24. The molecule has 0 radical (unpaired) electrons. The van der Waals surface area contributed by atoms with Gasteiger partial charge in [-0.2, -0.15) is 0 Å². The van der Waals surface area contributed by atoms with Gasteiger partial charge in [0.15, 0.2) is 0 Å². The van der Waals surface area contributed by atoms with Crippen molar-refractivity contribution in [3.63, 3.8) is 0 Å². The number of carbonyl (C=O) groups excluding carboxylic acids is 1. The second-order valence-electron chi connectivity index (χ2n) is 8.63. The second-order valence-corrected chi connectivity index (χ2v) is 8.63. The number of ether oxygens (including phenoxy) is 1. The zero-order valence-electron chi connectivity index (χ0n) is 18.6. The Bertz CT molecular complexity index is 1530. The first-order valence-corrected chi connectivity index (χ1v) is 11.2. The van der Waals surface area contributed by atoms with Crippen LogP contribution in [0.4, 0.5) is 0 Å². The molecule has 0 unspecified atom stereocenters. The minimum atomic E-state index is -0.543. The maximum absolute atomic E-state index is 12.9. The molecule has 2 aromatic heterocycles. The van der Waals surface area contributed by atoms with E-state index in [9.17, 15) is 14.4 Å². The summed E-state index contributed by atoms with van der Waals surface area (Å²) >= 11 is 0. The van der Waals surface area contributed by atoms with Crippen molar-refractivity contribution in [3.05, 3.63) is 85.3 Å². The Kier molecular flexibility index (Phi) is 5.32. The number of carbonyl (C=O) groups is 1. The van der Waals surface area contributed by atoms with Crippen molar-refractivity contribution in [3.8, 4) is 0 Å². The van der Waals surface area contributed by atoms with Gasteiger partial charge in [0.2, 0.25) is 0 Å². The predicted molar refractivity (Wildman–Crippen MR) is 125 cm³/mol. The summed E-state index contributed by atoms with van der Waals surface area (Å²) in [6.07, 6.45) is 3.79. The summed E-state index contributed by atoms with van der Waals surface area (Å²) in [6.45, 7) is 4.53. The molecule has 7 nitrogen and oxygen atoms in total. The molecule has 2 aromatic carbocycles. The normalized spacial score (nSPS) is 13.6. The van der Waals surface area contributed by atoms with Crippen LogP contribution in [0.25, 0.3) is 21.9 Å². The topological polar surface area (TPSA) is 91.4 Å². The monoisotopic (exact) mass is 444 g/mol. The molecule has 0 amide bonds. The van der Waals surface area contributed by atoms with E-state index in [1.165, 1.54) is 6.07 Å². The molecule has 0 bridgehead atoms. The number of esters is 1. The fraction of sp³-hybridized carbons (Fsp3) is 0.308. The van der Waals surface area contributed by atoms with E-state index >= 15 is 0 Å². The van der Waals surface area contributed by atoms with Gasteiger partial charge in [-0.25, -0.2) is 14.6 Å². The van der Waals surface area contributed by atoms with E-state index < -0.39 is 11.6 Å². The smallest absolute Gasteiger partial charge is 0.338 e. The highest BCUT2D eigenvalue weighted by Gasteiger charge is 2.17. The first kappa shape index (κ1) is 21.1. The van der Waals surface area contributed by atoms with Crippen LogP contribution in [-0.4, -0.2) is 15.5 Å². The summed E-state index contributed by atoms with van der Waals surface area (Å²) in [5.74, 6) is 0.225. The number of nitrogens with zero attached hydrogens (tertiary/aromatic N) is 2. The molecule has 33 heavy (non-hydrogen) atoms. The van der Waals surface area contributed by atoms with Gasteiger partial charge in [0.1, 0.15) is 18.0 Å². The van der Waals surface area contributed by atoms with Gasteiger partial charge >= 0.3 is 11.6 Å². The standard InChI is InChI=1S/C26H24N2O5/c1-15-10-20-18(13-24(29)33-22(20)11-16(15)2)14-32-26(31)17-7-8-19-21(12-17)27-23-6-4-3-5-9-28(23)25(19)30/h7-8,10-13H,3-6,9,14H2,1-2H3. The lowest BCUT2D eigenvalue weighted by molar-refractivity contribution is 0.0474. The molecule has 0 saturated carbocycles. The summed E-state index contributed by atoms with van der Waals surface area (Å²) in [5, 5.41) is 1.23. The first-order chi connectivity index (χ1) is 15.9. The Morgan fingerprint density at radius 2 is 1.85 bits per heavy atom. The molecule has 0 fully saturated rings. The molecule has 0 spiro atoms. The van der Waals surface area contributed by atoms with Crippen LogP contribution in [0.5, 0.6) is 0 Å². The van der Waals surface area contributed by atoms with Crippen LogP contribution >= 0.6 is 0 Å². The summed E-state index contributed by atoms with van der Waals surface area (Å²) in [7, 11) is 0. The molecule has 5 rings (SSSR count). The Balaban J connectivity index is 1.45. The molecule has 0 atom stereocenters. The van der Waals surface area contributed by atoms with Crippen molar-refractivity contribution in [1.29, 1.82) is 0 Å². The average Bonchev–Trinajstić information content (AvgIpc) is 3.04. The quantitative estimate of drug-likeness (QED) is 0.347. The van der Waals surface area contributed by atoms with Crippen molar-refractivity contribution >= 4 is 27.8 Å². The van der Waals surface area contributed by atoms with Gasteiger partial charge in [-0.3, -0.25) is 9.36 Å². The number of hydrogen-bond donors (Lipinski definition) is 0. The molecule has 1 aliphatic heterocycles. The van der Waals surface area contributed by atoms with E-state index in [2.05, 4.69) is 4.98 Å². The Morgan fingerprint density at radius 3 is 2.70 bits per heavy atom. The van der Waals surface area contributed by atoms with E-state index in [-0.39, 0.29) is 12.2 Å². The lowest BCUT2D eigenvalue weighted by atomic mass is 10.0. The van der Waals surface area contributed by atoms with Gasteiger partial charge in [0.05, 0.1) is 16.5 Å². The van der Waals surface area contributed by atoms with Crippen molar-refractivity contribution in [2.24, 2.45) is 0 Å². The minimum Gasteiger partial charge on any atom is -0.457 e. The highest BCUT2D eigenvalue weighted by Crippen LogP contribution is 2.23. The molecule has 0 aliphatic carbocycles. The number of aryl methyl sites for hydroxylation is 3. The number of hydrogen-bond acceptors (Lipinski definition) is 6. The minimum absolute atomic E-state index is 0.0649. The molecule has 3 heterocycles. The highest BCUT2D eigenvalue weighted by atomic mass is 16.5. The predicted octanol–water partition coefficient (Wildman–Crippen LogP) is 4.20. The fourth-order valence-corrected chi connectivity index (χ4v) is 4.37. The Hall–Kier alpha value is -3.74. The van der Waals surface area contributed by atoms with Crippen LogP contribution in [0.15, 0.2) is 50.4 Å². The first-order valence-electron chi connectivity index (χ1n) is 11.2. The van der Waals surface area contributed by atoms with E-state index in [1.807, 2.05) is 26.0 Å². The molecular weight excluding hydrogens is 420 g/mol. The summed E-state index contributed by atoms with van der Waals surface area (Å²) in [6, 6.07) is 9.92. The van der Waals surface area contributed by atoms with Crippen molar-refractivity contribution in [2.75, 3.05) is 0 Å². The number of rotatable bonds is 3. The number of aromatic nitrogens is 2. The fourth-order valence-electron chi connectivity index (χ4n) is 4.37. The third-order valence-corrected chi connectivity index (χ3v) is 6.36. The maximum atomic E-state index is 12.9. The molecule has 0 saturated heterocycles. The third-order valence-electron chi connectivity index (χ3n) is 6.36. The van der Waals surface area contributed by atoms with Crippen LogP contribution in [0, 0.1) is 13.8 Å². The summed E-state index contributed by atoms with van der Waals surface area (Å²) in [5.41, 5.74) is 3.37. The van der Waals surface area contributed by atoms with Crippen LogP contribution in [-0.2, 0) is 24.3 Å². The van der Waals surface area contributed by atoms with Crippen molar-refractivity contribution < 1.29 is 13.9 Å². The molecular formula is C26H24N2O5. The molecule has 7 heteroatoms. The molecule has 0 N–H and O–H groups in total. The van der Waals surface area contributed by atoms with Crippen LogP contribution in [0.3, 0.4) is 0 Å². The maximum Gasteiger partial charge on any atom is 0.338 e. The number of benzene rings is 2. The SMILES string of the molecule is Cc1cc2oc(=O)cc(COC(=O)c3ccc4c(=O)n5c(nc4c3)CCCCC5)c2cc1C. The van der Waals surface area contributed by atoms with Gasteiger partial charge < -0.3 is 9.15 Å². The average molecular weight is 444 g/mol. The van der Waals surface area contributed by atoms with Gasteiger partial charge in [0, 0.05) is 30.0 Å². The zero-order chi connectivity index (χ0) is 23.1. The number of fused-ring (bicyclic) bond motifs is 3. The van der Waals surface area contributed by atoms with E-state index in [0.717, 1.165) is 48.0 Å². The van der Waals surface area contributed by atoms with E-state index in [0.29, 0.717) is 34.2 Å². The highest BCUT2D eigenvalue weighted by molar-refractivity contribution is 5.94. The third kappa shape index (κ3) is 3.95. The Labute approximate surface area is 189 Å². The Morgan fingerprint density at radius 1 is 1.03 bits per heavy atom. The largest absolute Gasteiger partial charge is 0.457 e. The van der Waals surface area contributed by atoms with Gasteiger partial charge in [-0.1, -0.05) is 6.42 Å². The van der Waals surface area contributed by atoms with Gasteiger partial charge in [-0.05, 0) is 68.1 Å². The van der Waals surface area contributed by atoms with Gasteiger partial charge in [-0.15, -0.1) is 0 Å². The molecule has 168 valence electrons. The summed E-state index contributed by atoms with van der Waals surface area (Å²) < 4.78 is 12.6. The van der Waals surface area contributed by atoms with Crippen molar-refractivity contribution in [2.45, 2.75) is 52.7 Å². The summed E-state index contributed by atoms with van der Waals surface area (Å²) in [4.78, 5) is 42.3. The lowest BCUT2D eigenvalue weighted by Gasteiger charge is -2.11. The van der Waals surface area contributed by atoms with Crippen molar-refractivity contribution in [1.82, 2.24) is 9.55 Å². The molecule has 1 aliphatic rings. The van der Waals surface area contributed by atoms with Gasteiger partial charge in [0.25, 0.3) is 5.56 Å². The zero-order valence-corrected chi connectivity index (χ0v) is 18.6. The van der Waals surface area contributed by atoms with E-state index in [4.69, 9.17) is 9.15 Å². The van der Waals surface area contributed by atoms with Crippen LogP contribution < -0.4 is 11.2 Å². The van der Waals surface area contributed by atoms with Crippen LogP contribution in [0.1, 0.15) is 52.1 Å². The second kappa shape index (κ2) is 8.31. The van der Waals surface area contributed by atoms with E-state index in [1.54, 1.807) is 22.8 Å².